The minimum absolute atomic E-state index is 0.506. The molecule has 9 heteroatoms. The van der Waals surface area contributed by atoms with Gasteiger partial charge in [0, 0.05) is 11.5 Å². The topological polar surface area (TPSA) is 44.8 Å². The van der Waals surface area contributed by atoms with Gasteiger partial charge in [-0.1, -0.05) is 11.6 Å². The van der Waals surface area contributed by atoms with Crippen molar-refractivity contribution in [3.05, 3.63) is 31.9 Å². The van der Waals surface area contributed by atoms with Crippen LogP contribution >= 0.6 is 36.0 Å². The van der Waals surface area contributed by atoms with Crippen molar-refractivity contribution in [3.8, 4) is 5.82 Å². The Morgan fingerprint density at radius 2 is 1.74 bits per heavy atom. The average Bonchev–Trinajstić information content (AvgIpc) is 2.59. The van der Waals surface area contributed by atoms with Gasteiger partial charge in [0.25, 0.3) is 0 Å². The largest absolute Gasteiger partial charge is 0.268 e. The maximum absolute atomic E-state index is 12.3. The lowest BCUT2D eigenvalue weighted by molar-refractivity contribution is 0.494. The molecule has 0 saturated heterocycles. The first-order chi connectivity index (χ1) is 10.7. The van der Waals surface area contributed by atoms with E-state index < -0.39 is 9.52 Å². The number of pyridine rings is 1. The van der Waals surface area contributed by atoms with Crippen LogP contribution < -0.4 is 0 Å². The number of fused-ring (bicyclic) bond motifs is 1. The first kappa shape index (κ1) is 16.9. The van der Waals surface area contributed by atoms with Crippen LogP contribution in [0, 0.1) is 23.4 Å². The number of nitrogens with zero attached hydrogens (tertiary/aromatic N) is 4. The molecule has 0 bridgehead atoms. The zero-order valence-electron chi connectivity index (χ0n) is 12.9. The zero-order valence-corrected chi connectivity index (χ0v) is 16.1. The number of rotatable bonds is 1. The number of halogens is 1. The van der Waals surface area contributed by atoms with Gasteiger partial charge in [0.1, 0.15) is 5.82 Å². The predicted octanol–water partition coefficient (Wildman–Crippen LogP) is 2.93. The van der Waals surface area contributed by atoms with E-state index in [0.717, 1.165) is 11.3 Å². The van der Waals surface area contributed by atoms with Crippen LogP contribution in [0.4, 0.5) is 0 Å². The van der Waals surface area contributed by atoms with E-state index in [9.17, 15) is 4.21 Å². The monoisotopic (exact) mass is 388 g/mol. The molecule has 1 aliphatic rings. The van der Waals surface area contributed by atoms with Gasteiger partial charge in [-0.2, -0.15) is 0 Å². The van der Waals surface area contributed by atoms with Crippen LogP contribution in [0.3, 0.4) is 0 Å². The highest BCUT2D eigenvalue weighted by atomic mass is 35.5. The van der Waals surface area contributed by atoms with Crippen LogP contribution in [0.5, 0.6) is 0 Å². The summed E-state index contributed by atoms with van der Waals surface area (Å²) >= 11 is 17.3. The Kier molecular flexibility index (Phi) is 4.29. The van der Waals surface area contributed by atoms with E-state index in [2.05, 4.69) is 10.9 Å². The van der Waals surface area contributed by atoms with E-state index in [1.54, 1.807) is 4.57 Å². The summed E-state index contributed by atoms with van der Waals surface area (Å²) in [5.74, 6) is 5.54. The lowest BCUT2D eigenvalue weighted by Crippen LogP contribution is -2.13. The normalized spacial score (nSPS) is 16.8. The van der Waals surface area contributed by atoms with Crippen LogP contribution in [0.2, 0.25) is 5.02 Å². The van der Waals surface area contributed by atoms with Crippen LogP contribution in [0.15, 0.2) is 6.07 Å². The molecule has 0 amide bonds. The molecule has 0 radical (unpaired) electrons. The number of aryl methyl sites for hydroxylation is 2. The second-order valence-electron chi connectivity index (χ2n) is 5.72. The fraction of sp³-hybridized carbons (Fsp3) is 0.429. The second kappa shape index (κ2) is 5.84. The molecule has 0 saturated carbocycles. The standard InChI is InChI=1S/C14H17ClN4OS3/c1-9-8-11(15)10(2)16-12(9)19-13(21)17-4-6-23(3,20)7-5-18(17)14(19)22/h8H,3-7H2,1-2H3. The summed E-state index contributed by atoms with van der Waals surface area (Å²) in [6.07, 6.45) is 0. The third-order valence-corrected chi connectivity index (χ3v) is 7.02. The van der Waals surface area contributed by atoms with Gasteiger partial charge >= 0.3 is 0 Å². The average molecular weight is 389 g/mol. The third kappa shape index (κ3) is 2.93. The number of aromatic nitrogens is 4. The van der Waals surface area contributed by atoms with Gasteiger partial charge in [-0.25, -0.2) is 9.55 Å². The molecule has 1 aliphatic heterocycles. The Labute approximate surface area is 150 Å². The summed E-state index contributed by atoms with van der Waals surface area (Å²) in [5.41, 5.74) is 1.64. The molecule has 0 spiro atoms. The Morgan fingerprint density at radius 3 is 2.26 bits per heavy atom. The first-order valence-electron chi connectivity index (χ1n) is 7.10. The smallest absolute Gasteiger partial charge is 0.203 e. The van der Waals surface area contributed by atoms with E-state index in [-0.39, 0.29) is 0 Å². The van der Waals surface area contributed by atoms with Crippen molar-refractivity contribution in [2.45, 2.75) is 26.9 Å². The van der Waals surface area contributed by atoms with E-state index in [0.29, 0.717) is 45.0 Å². The zero-order chi connectivity index (χ0) is 16.9. The summed E-state index contributed by atoms with van der Waals surface area (Å²) in [6.45, 7) is 4.87. The summed E-state index contributed by atoms with van der Waals surface area (Å²) < 4.78 is 19.0. The fourth-order valence-corrected chi connectivity index (χ4v) is 4.83. The molecule has 0 atom stereocenters. The molecule has 124 valence electrons. The lowest BCUT2D eigenvalue weighted by Gasteiger charge is -2.08. The third-order valence-electron chi connectivity index (χ3n) is 3.99. The molecule has 0 aliphatic carbocycles. The summed E-state index contributed by atoms with van der Waals surface area (Å²) in [5, 5.41) is 0.619. The Balaban J connectivity index is 2.24. The molecule has 0 N–H and O–H groups in total. The number of hydrogen-bond acceptors (Lipinski definition) is 4. The van der Waals surface area contributed by atoms with Gasteiger partial charge in [-0.15, -0.1) is 0 Å². The van der Waals surface area contributed by atoms with Crippen molar-refractivity contribution in [2.24, 2.45) is 0 Å². The van der Waals surface area contributed by atoms with Crippen molar-refractivity contribution in [1.82, 2.24) is 18.9 Å². The lowest BCUT2D eigenvalue weighted by atomic mass is 10.2. The minimum atomic E-state index is -2.06. The molecule has 23 heavy (non-hydrogen) atoms. The van der Waals surface area contributed by atoms with Gasteiger partial charge in [-0.05, 0) is 65.3 Å². The van der Waals surface area contributed by atoms with Crippen molar-refractivity contribution < 1.29 is 4.21 Å². The fourth-order valence-electron chi connectivity index (χ4n) is 2.63. The van der Waals surface area contributed by atoms with Gasteiger partial charge in [0.2, 0.25) is 9.54 Å². The molecule has 2 aromatic rings. The second-order valence-corrected chi connectivity index (χ2v) is 9.60. The Morgan fingerprint density at radius 1 is 1.22 bits per heavy atom. The van der Waals surface area contributed by atoms with Crippen molar-refractivity contribution in [2.75, 3.05) is 11.5 Å². The van der Waals surface area contributed by atoms with E-state index >= 15 is 0 Å². The molecular formula is C14H17ClN4OS3. The summed E-state index contributed by atoms with van der Waals surface area (Å²) in [7, 11) is -2.06. The summed E-state index contributed by atoms with van der Waals surface area (Å²) in [6, 6.07) is 1.87. The van der Waals surface area contributed by atoms with Gasteiger partial charge in [0.05, 0.1) is 23.8 Å². The molecule has 2 aromatic heterocycles. The Bertz CT molecular complexity index is 968. The highest BCUT2D eigenvalue weighted by Crippen LogP contribution is 2.22. The van der Waals surface area contributed by atoms with Crippen LogP contribution in [0.25, 0.3) is 5.82 Å². The van der Waals surface area contributed by atoms with Crippen molar-refractivity contribution in [3.63, 3.8) is 0 Å². The molecule has 0 unspecified atom stereocenters. The van der Waals surface area contributed by atoms with E-state index in [4.69, 9.17) is 36.0 Å². The summed E-state index contributed by atoms with van der Waals surface area (Å²) in [4.78, 5) is 4.56. The highest BCUT2D eigenvalue weighted by molar-refractivity contribution is 8.00. The van der Waals surface area contributed by atoms with Gasteiger partial charge < -0.3 is 0 Å². The molecule has 5 nitrogen and oxygen atoms in total. The first-order valence-corrected chi connectivity index (χ1v) is 10.4. The predicted molar refractivity (Wildman–Crippen MR) is 101 cm³/mol. The quantitative estimate of drug-likeness (QED) is 0.704. The highest BCUT2D eigenvalue weighted by Gasteiger charge is 2.20. The van der Waals surface area contributed by atoms with Gasteiger partial charge in [-0.3, -0.25) is 13.6 Å². The molecule has 0 fully saturated rings. The minimum Gasteiger partial charge on any atom is -0.268 e. The molecular weight excluding hydrogens is 372 g/mol. The Hall–Kier alpha value is -0.960. The molecule has 3 heterocycles. The molecule has 3 rings (SSSR count). The molecule has 0 aromatic carbocycles. The van der Waals surface area contributed by atoms with Crippen LogP contribution in [-0.4, -0.2) is 40.5 Å². The van der Waals surface area contributed by atoms with E-state index in [1.807, 2.05) is 29.3 Å². The van der Waals surface area contributed by atoms with Crippen LogP contribution in [-0.2, 0) is 22.6 Å². The van der Waals surface area contributed by atoms with Crippen molar-refractivity contribution in [1.29, 1.82) is 0 Å². The maximum atomic E-state index is 12.3. The van der Waals surface area contributed by atoms with E-state index in [1.165, 1.54) is 0 Å². The van der Waals surface area contributed by atoms with Gasteiger partial charge in [0.15, 0.2) is 0 Å². The van der Waals surface area contributed by atoms with Crippen LogP contribution in [0.1, 0.15) is 11.3 Å². The van der Waals surface area contributed by atoms with Crippen molar-refractivity contribution >= 4 is 51.4 Å². The maximum Gasteiger partial charge on any atom is 0.203 e. The number of hydrogen-bond donors (Lipinski definition) is 0. The SMILES string of the molecule is C=S1(=O)CCn2c(=S)n(-c3nc(C)c(Cl)cc3C)c(=S)n2CC1.